The topological polar surface area (TPSA) is 187 Å². The van der Waals surface area contributed by atoms with Gasteiger partial charge < -0.3 is 50.4 Å². The van der Waals surface area contributed by atoms with Crippen LogP contribution in [-0.4, -0.2) is 100 Å². The van der Waals surface area contributed by atoms with Crippen LogP contribution in [0.2, 0.25) is 0 Å². The Morgan fingerprint density at radius 1 is 1.20 bits per heavy atom. The number of carbonyl (C=O) groups excluding carboxylic acids is 2. The fourth-order valence-corrected chi connectivity index (χ4v) is 3.80. The minimum Gasteiger partial charge on any atom is -0.445 e. The van der Waals surface area contributed by atoms with Gasteiger partial charge >= 0.3 is 6.09 Å². The van der Waals surface area contributed by atoms with Crippen molar-refractivity contribution in [2.24, 2.45) is 5.92 Å². The molecule has 0 aromatic heterocycles. The molecule has 0 bridgehead atoms. The third kappa shape index (κ3) is 7.58. The van der Waals surface area contributed by atoms with Gasteiger partial charge in [0.25, 0.3) is 0 Å². The normalized spacial score (nSPS) is 27.1. The number of ether oxygens (including phenoxy) is 3. The molecule has 0 spiro atoms. The van der Waals surface area contributed by atoms with Gasteiger partial charge in [0, 0.05) is 13.5 Å². The second-order valence-electron chi connectivity index (χ2n) is 8.83. The summed E-state index contributed by atoms with van der Waals surface area (Å²) in [6.07, 6.45) is -7.33. The molecule has 1 aromatic rings. The Balaban J connectivity index is 2.14. The van der Waals surface area contributed by atoms with E-state index in [4.69, 9.17) is 14.2 Å². The molecule has 2 rings (SSSR count). The van der Waals surface area contributed by atoms with Crippen molar-refractivity contribution in [2.45, 2.75) is 69.2 Å². The van der Waals surface area contributed by atoms with Gasteiger partial charge in [-0.2, -0.15) is 0 Å². The van der Waals surface area contributed by atoms with Crippen LogP contribution in [0.15, 0.2) is 30.3 Å². The molecule has 1 saturated heterocycles. The van der Waals surface area contributed by atoms with Crippen LogP contribution in [0.1, 0.15) is 25.8 Å². The van der Waals surface area contributed by atoms with Gasteiger partial charge in [0.15, 0.2) is 5.79 Å². The van der Waals surface area contributed by atoms with Crippen molar-refractivity contribution in [3.05, 3.63) is 35.9 Å². The second-order valence-corrected chi connectivity index (χ2v) is 8.83. The van der Waals surface area contributed by atoms with E-state index >= 15 is 0 Å². The summed E-state index contributed by atoms with van der Waals surface area (Å²) < 4.78 is 16.0. The maximum absolute atomic E-state index is 13.1. The van der Waals surface area contributed by atoms with E-state index in [2.05, 4.69) is 10.6 Å². The highest BCUT2D eigenvalue weighted by atomic mass is 16.7. The van der Waals surface area contributed by atoms with E-state index in [0.717, 1.165) is 5.56 Å². The fourth-order valence-electron chi connectivity index (χ4n) is 3.80. The molecule has 12 heteroatoms. The van der Waals surface area contributed by atoms with Gasteiger partial charge in [-0.1, -0.05) is 44.2 Å². The average Bonchev–Trinajstić information content (AvgIpc) is 2.86. The number of benzene rings is 1. The summed E-state index contributed by atoms with van der Waals surface area (Å²) in [4.78, 5) is 25.4. The van der Waals surface area contributed by atoms with Crippen LogP contribution in [0.4, 0.5) is 4.79 Å². The highest BCUT2D eigenvalue weighted by Gasteiger charge is 2.51. The van der Waals surface area contributed by atoms with Crippen molar-refractivity contribution in [3.63, 3.8) is 0 Å². The summed E-state index contributed by atoms with van der Waals surface area (Å²) in [5, 5.41) is 55.2. The molecule has 12 nitrogen and oxygen atoms in total. The quantitative estimate of drug-likeness (QED) is 0.191. The minimum atomic E-state index is -1.75. The maximum Gasteiger partial charge on any atom is 0.408 e. The summed E-state index contributed by atoms with van der Waals surface area (Å²) in [6, 6.07) is 6.65. The second kappa shape index (κ2) is 13.1. The lowest BCUT2D eigenvalue weighted by Gasteiger charge is -2.47. The van der Waals surface area contributed by atoms with Gasteiger partial charge in [-0.25, -0.2) is 4.79 Å². The summed E-state index contributed by atoms with van der Waals surface area (Å²) in [6.45, 7) is 1.89. The lowest BCUT2D eigenvalue weighted by Crippen LogP contribution is -2.68. The number of rotatable bonds is 11. The molecule has 0 saturated carbocycles. The molecule has 7 atom stereocenters. The lowest BCUT2D eigenvalue weighted by molar-refractivity contribution is -0.322. The van der Waals surface area contributed by atoms with Gasteiger partial charge in [0.2, 0.25) is 5.91 Å². The number of amides is 2. The zero-order valence-electron chi connectivity index (χ0n) is 20.0. The summed E-state index contributed by atoms with van der Waals surface area (Å²) >= 11 is 0. The first-order valence-corrected chi connectivity index (χ1v) is 11.3. The van der Waals surface area contributed by atoms with Crippen LogP contribution < -0.4 is 10.6 Å². The number of aliphatic hydroxyl groups excluding tert-OH is 5. The molecule has 0 aliphatic carbocycles. The predicted octanol–water partition coefficient (Wildman–Crippen LogP) is -1.38. The maximum atomic E-state index is 13.1. The summed E-state index contributed by atoms with van der Waals surface area (Å²) in [7, 11) is 1.23. The molecule has 0 radical (unpaired) electrons. The third-order valence-electron chi connectivity index (χ3n) is 5.91. The molecular formula is C23H36N2O10. The van der Waals surface area contributed by atoms with E-state index in [1.165, 1.54) is 7.11 Å². The molecular weight excluding hydrogens is 464 g/mol. The Labute approximate surface area is 203 Å². The van der Waals surface area contributed by atoms with E-state index in [9.17, 15) is 35.1 Å². The largest absolute Gasteiger partial charge is 0.445 e. The van der Waals surface area contributed by atoms with Crippen molar-refractivity contribution < 1.29 is 49.3 Å². The molecule has 1 aliphatic rings. The van der Waals surface area contributed by atoms with Crippen LogP contribution in [0.5, 0.6) is 0 Å². The molecule has 1 heterocycles. The van der Waals surface area contributed by atoms with E-state index in [1.807, 2.05) is 6.07 Å². The number of carbonyl (C=O) groups is 2. The Kier molecular flexibility index (Phi) is 10.8. The predicted molar refractivity (Wildman–Crippen MR) is 122 cm³/mol. The molecule has 1 fully saturated rings. The lowest BCUT2D eigenvalue weighted by atomic mass is 9.88. The van der Waals surface area contributed by atoms with Gasteiger partial charge in [0.05, 0.1) is 25.4 Å². The Bertz CT molecular complexity index is 805. The van der Waals surface area contributed by atoms with Crippen LogP contribution in [0, 0.1) is 5.92 Å². The van der Waals surface area contributed by atoms with E-state index in [-0.39, 0.29) is 18.9 Å². The van der Waals surface area contributed by atoms with Gasteiger partial charge in [0.1, 0.15) is 31.0 Å². The van der Waals surface area contributed by atoms with Gasteiger partial charge in [-0.05, 0) is 11.5 Å². The molecule has 7 N–H and O–H groups in total. The van der Waals surface area contributed by atoms with E-state index in [0.29, 0.717) is 0 Å². The monoisotopic (exact) mass is 500 g/mol. The zero-order chi connectivity index (χ0) is 26.2. The molecule has 1 aliphatic heterocycles. The first-order chi connectivity index (χ1) is 16.6. The number of aliphatic hydroxyl groups is 5. The first kappa shape index (κ1) is 28.9. The first-order valence-electron chi connectivity index (χ1n) is 11.3. The Hall–Kier alpha value is -2.32. The van der Waals surface area contributed by atoms with Crippen LogP contribution in [0.3, 0.4) is 0 Å². The van der Waals surface area contributed by atoms with Crippen LogP contribution >= 0.6 is 0 Å². The van der Waals surface area contributed by atoms with Gasteiger partial charge in [-0.3, -0.25) is 4.79 Å². The molecule has 0 unspecified atom stereocenters. The van der Waals surface area contributed by atoms with Crippen molar-refractivity contribution in [1.29, 1.82) is 0 Å². The SMILES string of the molecule is CO[C@@]1(CO)C[C@H](O)[C@@H](NC(=O)[C@@H](NC(=O)OCc2ccccc2)C(C)C)[C@H]([C@H](O)[C@H](O)CO)O1. The standard InChI is InChI=1S/C23H36N2O10/c1-13(2)17(25-22(32)34-11-14-7-5-4-6-8-14)21(31)24-18-15(28)9-23(12-27,33-3)35-20(18)19(30)16(29)10-26/h4-8,13,15-20,26-30H,9-12H2,1-3H3,(H,24,31)(H,25,32)/t15-,16+,17-,18+,19+,20+,23-/m0/s1. The minimum absolute atomic E-state index is 0.00185. The van der Waals surface area contributed by atoms with Crippen LogP contribution in [0.25, 0.3) is 0 Å². The highest BCUT2D eigenvalue weighted by molar-refractivity contribution is 5.86. The molecule has 2 amide bonds. The van der Waals surface area contributed by atoms with E-state index < -0.39 is 67.5 Å². The smallest absolute Gasteiger partial charge is 0.408 e. The Morgan fingerprint density at radius 2 is 1.86 bits per heavy atom. The molecule has 198 valence electrons. The van der Waals surface area contributed by atoms with Crippen molar-refractivity contribution in [3.8, 4) is 0 Å². The number of hydrogen-bond acceptors (Lipinski definition) is 10. The zero-order valence-corrected chi connectivity index (χ0v) is 20.0. The number of nitrogens with one attached hydrogen (secondary N) is 2. The van der Waals surface area contributed by atoms with Crippen LogP contribution in [-0.2, 0) is 25.6 Å². The van der Waals surface area contributed by atoms with Gasteiger partial charge in [-0.15, -0.1) is 0 Å². The number of hydrogen-bond donors (Lipinski definition) is 7. The fraction of sp³-hybridized carbons (Fsp3) is 0.652. The molecule has 1 aromatic carbocycles. The summed E-state index contributed by atoms with van der Waals surface area (Å²) in [5.41, 5.74) is 0.764. The highest BCUT2D eigenvalue weighted by Crippen LogP contribution is 2.32. The third-order valence-corrected chi connectivity index (χ3v) is 5.91. The number of methoxy groups -OCH3 is 1. The molecule has 35 heavy (non-hydrogen) atoms. The summed E-state index contributed by atoms with van der Waals surface area (Å²) in [5.74, 6) is -2.78. The Morgan fingerprint density at radius 3 is 2.40 bits per heavy atom. The average molecular weight is 501 g/mol. The van der Waals surface area contributed by atoms with E-state index in [1.54, 1.807) is 38.1 Å². The van der Waals surface area contributed by atoms with Crippen molar-refractivity contribution >= 4 is 12.0 Å². The number of alkyl carbamates (subject to hydrolysis) is 1. The van der Waals surface area contributed by atoms with Crippen molar-refractivity contribution in [2.75, 3.05) is 20.3 Å². The van der Waals surface area contributed by atoms with Crippen molar-refractivity contribution in [1.82, 2.24) is 10.6 Å².